The summed E-state index contributed by atoms with van der Waals surface area (Å²) in [7, 11) is -3.45. The van der Waals surface area contributed by atoms with Crippen LogP contribution < -0.4 is 4.72 Å². The van der Waals surface area contributed by atoms with Crippen LogP contribution in [0, 0.1) is 13.8 Å². The van der Waals surface area contributed by atoms with Gasteiger partial charge in [-0.25, -0.2) is 13.1 Å². The molecule has 0 heterocycles. The van der Waals surface area contributed by atoms with Gasteiger partial charge in [0.05, 0.1) is 4.90 Å². The van der Waals surface area contributed by atoms with Crippen LogP contribution in [0.3, 0.4) is 0 Å². The summed E-state index contributed by atoms with van der Waals surface area (Å²) in [6, 6.07) is 13.0. The number of halogens is 1. The molecule has 2 rings (SSSR count). The summed E-state index contributed by atoms with van der Waals surface area (Å²) < 4.78 is 28.0. The Morgan fingerprint density at radius 2 is 1.76 bits per heavy atom. The molecule has 1 N–H and O–H groups in total. The Kier molecular flexibility index (Phi) is 5.19. The van der Waals surface area contributed by atoms with Crippen LogP contribution in [-0.2, 0) is 16.4 Å². The zero-order valence-electron chi connectivity index (χ0n) is 12.1. The number of rotatable bonds is 5. The lowest BCUT2D eigenvalue weighted by Gasteiger charge is -2.09. The predicted molar refractivity (Wildman–Crippen MR) is 89.0 cm³/mol. The second-order valence-electron chi connectivity index (χ2n) is 4.99. The Morgan fingerprint density at radius 3 is 2.43 bits per heavy atom. The Hall–Kier alpha value is -1.17. The lowest BCUT2D eigenvalue weighted by atomic mass is 10.1. The van der Waals surface area contributed by atoms with Crippen molar-refractivity contribution in [1.82, 2.24) is 4.72 Å². The minimum Gasteiger partial charge on any atom is -0.211 e. The molecule has 0 saturated carbocycles. The van der Waals surface area contributed by atoms with Crippen molar-refractivity contribution in [3.8, 4) is 0 Å². The molecule has 0 aromatic heterocycles. The lowest BCUT2D eigenvalue weighted by molar-refractivity contribution is 0.581. The number of aryl methyl sites for hydroxylation is 2. The quantitative estimate of drug-likeness (QED) is 0.877. The summed E-state index contributed by atoms with van der Waals surface area (Å²) in [4.78, 5) is 0.299. The Balaban J connectivity index is 2.05. The highest BCUT2D eigenvalue weighted by molar-refractivity contribution is 9.10. The van der Waals surface area contributed by atoms with Crippen LogP contribution >= 0.6 is 15.9 Å². The molecule has 0 unspecified atom stereocenters. The maximum atomic E-state index is 12.2. The molecule has 0 aliphatic carbocycles. The van der Waals surface area contributed by atoms with E-state index in [9.17, 15) is 8.42 Å². The highest BCUT2D eigenvalue weighted by atomic mass is 79.9. The second-order valence-corrected chi connectivity index (χ2v) is 7.61. The van der Waals surface area contributed by atoms with Gasteiger partial charge < -0.3 is 0 Å². The normalized spacial score (nSPS) is 11.6. The summed E-state index contributed by atoms with van der Waals surface area (Å²) >= 11 is 3.37. The number of hydrogen-bond donors (Lipinski definition) is 1. The Morgan fingerprint density at radius 1 is 1.05 bits per heavy atom. The van der Waals surface area contributed by atoms with E-state index in [1.54, 1.807) is 18.2 Å². The van der Waals surface area contributed by atoms with Crippen molar-refractivity contribution in [3.63, 3.8) is 0 Å². The third-order valence-electron chi connectivity index (χ3n) is 3.39. The molecular formula is C16H18BrNO2S. The fraction of sp³-hybridized carbons (Fsp3) is 0.250. The molecule has 0 spiro atoms. The van der Waals surface area contributed by atoms with Gasteiger partial charge in [-0.05, 0) is 55.2 Å². The summed E-state index contributed by atoms with van der Waals surface area (Å²) in [6.07, 6.45) is 0.682. The van der Waals surface area contributed by atoms with E-state index in [1.807, 2.05) is 38.1 Å². The fourth-order valence-corrected chi connectivity index (χ4v) is 3.44. The van der Waals surface area contributed by atoms with E-state index < -0.39 is 10.0 Å². The van der Waals surface area contributed by atoms with Crippen LogP contribution in [0.2, 0.25) is 0 Å². The molecular weight excluding hydrogens is 350 g/mol. The molecule has 0 aliphatic heterocycles. The van der Waals surface area contributed by atoms with E-state index in [-0.39, 0.29) is 0 Å². The molecule has 0 radical (unpaired) electrons. The maximum absolute atomic E-state index is 12.2. The highest BCUT2D eigenvalue weighted by Gasteiger charge is 2.14. The summed E-state index contributed by atoms with van der Waals surface area (Å²) in [5.74, 6) is 0. The molecule has 0 saturated heterocycles. The molecule has 0 atom stereocenters. The average Bonchev–Trinajstić information content (AvgIpc) is 2.44. The molecule has 5 heteroatoms. The van der Waals surface area contributed by atoms with Crippen molar-refractivity contribution < 1.29 is 8.42 Å². The van der Waals surface area contributed by atoms with E-state index in [0.717, 1.165) is 15.6 Å². The standard InChI is InChI=1S/C16H18BrNO2S/c1-12-5-3-4-6-14(12)9-10-18-21(19,20)15-7-8-16(17)13(2)11-15/h3-8,11,18H,9-10H2,1-2H3. The van der Waals surface area contributed by atoms with Crippen molar-refractivity contribution in [1.29, 1.82) is 0 Å². The smallest absolute Gasteiger partial charge is 0.211 e. The van der Waals surface area contributed by atoms with Gasteiger partial charge in [0.2, 0.25) is 10.0 Å². The zero-order valence-corrected chi connectivity index (χ0v) is 14.5. The molecule has 0 amide bonds. The molecule has 0 bridgehead atoms. The lowest BCUT2D eigenvalue weighted by Crippen LogP contribution is -2.26. The summed E-state index contributed by atoms with van der Waals surface area (Å²) in [5, 5.41) is 0. The average molecular weight is 368 g/mol. The van der Waals surface area contributed by atoms with Gasteiger partial charge in [0.15, 0.2) is 0 Å². The third kappa shape index (κ3) is 4.15. The fourth-order valence-electron chi connectivity index (χ4n) is 2.08. The maximum Gasteiger partial charge on any atom is 0.240 e. The van der Waals surface area contributed by atoms with Crippen molar-refractivity contribution >= 4 is 26.0 Å². The first-order valence-corrected chi connectivity index (χ1v) is 8.98. The van der Waals surface area contributed by atoms with Gasteiger partial charge in [0.25, 0.3) is 0 Å². The molecule has 21 heavy (non-hydrogen) atoms. The van der Waals surface area contributed by atoms with E-state index in [1.165, 1.54) is 5.56 Å². The van der Waals surface area contributed by atoms with E-state index in [2.05, 4.69) is 20.7 Å². The molecule has 0 fully saturated rings. The van der Waals surface area contributed by atoms with E-state index in [4.69, 9.17) is 0 Å². The molecule has 3 nitrogen and oxygen atoms in total. The van der Waals surface area contributed by atoms with E-state index in [0.29, 0.717) is 17.9 Å². The number of nitrogens with one attached hydrogen (secondary N) is 1. The van der Waals surface area contributed by atoms with Crippen LogP contribution in [0.5, 0.6) is 0 Å². The topological polar surface area (TPSA) is 46.2 Å². The number of benzene rings is 2. The number of hydrogen-bond acceptors (Lipinski definition) is 2. The van der Waals surface area contributed by atoms with Crippen LogP contribution in [0.1, 0.15) is 16.7 Å². The van der Waals surface area contributed by atoms with Crippen LogP contribution in [0.4, 0.5) is 0 Å². The van der Waals surface area contributed by atoms with Gasteiger partial charge in [0.1, 0.15) is 0 Å². The SMILES string of the molecule is Cc1cc(S(=O)(=O)NCCc2ccccc2C)ccc1Br. The van der Waals surface area contributed by atoms with Gasteiger partial charge in [-0.2, -0.15) is 0 Å². The summed E-state index contributed by atoms with van der Waals surface area (Å²) in [5.41, 5.74) is 3.24. The van der Waals surface area contributed by atoms with Crippen LogP contribution in [0.15, 0.2) is 51.8 Å². The Labute approximate surface area is 134 Å². The Bertz CT molecular complexity index is 742. The van der Waals surface area contributed by atoms with Crippen molar-refractivity contribution in [2.24, 2.45) is 0 Å². The first-order valence-electron chi connectivity index (χ1n) is 6.70. The summed E-state index contributed by atoms with van der Waals surface area (Å²) in [6.45, 7) is 4.29. The zero-order chi connectivity index (χ0) is 15.5. The van der Waals surface area contributed by atoms with Gasteiger partial charge in [-0.1, -0.05) is 40.2 Å². The van der Waals surface area contributed by atoms with Gasteiger partial charge in [0, 0.05) is 11.0 Å². The molecule has 2 aromatic carbocycles. The minimum atomic E-state index is -3.45. The first-order chi connectivity index (χ1) is 9.90. The number of sulfonamides is 1. The predicted octanol–water partition coefficient (Wildman–Crippen LogP) is 3.59. The molecule has 112 valence electrons. The highest BCUT2D eigenvalue weighted by Crippen LogP contribution is 2.19. The van der Waals surface area contributed by atoms with Crippen molar-refractivity contribution in [3.05, 3.63) is 63.6 Å². The van der Waals surface area contributed by atoms with Gasteiger partial charge >= 0.3 is 0 Å². The van der Waals surface area contributed by atoms with Crippen molar-refractivity contribution in [2.75, 3.05) is 6.54 Å². The third-order valence-corrected chi connectivity index (χ3v) is 5.74. The second kappa shape index (κ2) is 6.73. The van der Waals surface area contributed by atoms with E-state index >= 15 is 0 Å². The largest absolute Gasteiger partial charge is 0.240 e. The monoisotopic (exact) mass is 367 g/mol. The molecule has 0 aliphatic rings. The minimum absolute atomic E-state index is 0.299. The van der Waals surface area contributed by atoms with Crippen LogP contribution in [-0.4, -0.2) is 15.0 Å². The van der Waals surface area contributed by atoms with Crippen molar-refractivity contribution in [2.45, 2.75) is 25.2 Å². The molecule has 2 aromatic rings. The van der Waals surface area contributed by atoms with Crippen LogP contribution in [0.25, 0.3) is 0 Å². The van der Waals surface area contributed by atoms with Gasteiger partial charge in [-0.15, -0.1) is 0 Å². The van der Waals surface area contributed by atoms with Gasteiger partial charge in [-0.3, -0.25) is 0 Å². The first kappa shape index (κ1) is 16.2.